The number of phenolic OH excluding ortho intramolecular Hbond substituents is 1. The van der Waals surface area contributed by atoms with E-state index in [2.05, 4.69) is 10.2 Å². The lowest BCUT2D eigenvalue weighted by Gasteiger charge is -2.42. The van der Waals surface area contributed by atoms with Crippen molar-refractivity contribution in [2.75, 3.05) is 38.1 Å². The minimum atomic E-state index is -0.737. The monoisotopic (exact) mass is 672 g/mol. The third kappa shape index (κ3) is 5.29. The summed E-state index contributed by atoms with van der Waals surface area (Å²) < 4.78 is 10.9. The van der Waals surface area contributed by atoms with Crippen molar-refractivity contribution >= 4 is 46.1 Å². The van der Waals surface area contributed by atoms with Gasteiger partial charge in [-0.05, 0) is 98.0 Å². The van der Waals surface area contributed by atoms with Crippen molar-refractivity contribution in [3.8, 4) is 17.2 Å². The highest BCUT2D eigenvalue weighted by Crippen LogP contribution is 2.56. The molecule has 0 radical (unpaired) electrons. The largest absolute Gasteiger partial charge is 0.502 e. The predicted octanol–water partition coefficient (Wildman–Crippen LogP) is 6.52. The molecule has 254 valence electrons. The van der Waals surface area contributed by atoms with Crippen LogP contribution in [0, 0.1) is 17.8 Å². The first kappa shape index (κ1) is 32.7. The van der Waals surface area contributed by atoms with Gasteiger partial charge >= 0.3 is 0 Å². The molecule has 4 aliphatic rings. The van der Waals surface area contributed by atoms with E-state index in [4.69, 9.17) is 9.47 Å². The number of carbonyl (C=O) groups excluding carboxylic acids is 4. The SMILES string of the molecule is COc1cc(C2C3=CCC4C(=O)N(c5ccc(N=Nc6ccc(N(C)C)cc6)cc5)C(=O)C4C3CC3=C2C(=O)C(C)=CC3=O)cc(OC)c1O. The molecule has 11 heteroatoms. The van der Waals surface area contributed by atoms with Gasteiger partial charge in [0.2, 0.25) is 17.6 Å². The second-order valence-electron chi connectivity index (χ2n) is 13.1. The van der Waals surface area contributed by atoms with E-state index in [9.17, 15) is 24.3 Å². The van der Waals surface area contributed by atoms with Crippen molar-refractivity contribution in [1.29, 1.82) is 0 Å². The van der Waals surface area contributed by atoms with Crippen LogP contribution in [0.2, 0.25) is 0 Å². The fourth-order valence-electron chi connectivity index (χ4n) is 7.68. The first-order valence-electron chi connectivity index (χ1n) is 16.3. The maximum absolute atomic E-state index is 14.3. The van der Waals surface area contributed by atoms with Crippen LogP contribution in [0.3, 0.4) is 0 Å². The van der Waals surface area contributed by atoms with Crippen molar-refractivity contribution in [3.63, 3.8) is 0 Å². The number of aromatic hydroxyl groups is 1. The molecule has 7 rings (SSSR count). The Balaban J connectivity index is 1.22. The summed E-state index contributed by atoms with van der Waals surface area (Å²) in [5, 5.41) is 19.3. The van der Waals surface area contributed by atoms with Crippen LogP contribution in [0.1, 0.15) is 31.2 Å². The number of imide groups is 1. The number of amides is 2. The zero-order valence-electron chi connectivity index (χ0n) is 28.3. The fourth-order valence-corrected chi connectivity index (χ4v) is 7.68. The topological polar surface area (TPSA) is 138 Å². The minimum Gasteiger partial charge on any atom is -0.502 e. The van der Waals surface area contributed by atoms with Gasteiger partial charge in [-0.25, -0.2) is 0 Å². The Labute approximate surface area is 289 Å². The van der Waals surface area contributed by atoms with Crippen LogP contribution in [0.5, 0.6) is 17.2 Å². The second-order valence-corrected chi connectivity index (χ2v) is 13.1. The Kier molecular flexibility index (Phi) is 8.21. The summed E-state index contributed by atoms with van der Waals surface area (Å²) >= 11 is 0. The Morgan fingerprint density at radius 2 is 1.44 bits per heavy atom. The molecule has 2 amide bonds. The summed E-state index contributed by atoms with van der Waals surface area (Å²) in [7, 11) is 6.75. The van der Waals surface area contributed by atoms with Crippen molar-refractivity contribution < 1.29 is 33.8 Å². The molecular weight excluding hydrogens is 636 g/mol. The van der Waals surface area contributed by atoms with Gasteiger partial charge in [0.05, 0.1) is 43.1 Å². The number of methoxy groups -OCH3 is 2. The van der Waals surface area contributed by atoms with Crippen LogP contribution in [-0.2, 0) is 19.2 Å². The highest BCUT2D eigenvalue weighted by molar-refractivity contribution is 6.25. The number of ketones is 2. The molecule has 1 N–H and O–H groups in total. The molecule has 50 heavy (non-hydrogen) atoms. The van der Waals surface area contributed by atoms with E-state index < -0.39 is 23.7 Å². The van der Waals surface area contributed by atoms with Crippen molar-refractivity contribution in [1.82, 2.24) is 0 Å². The molecule has 0 spiro atoms. The Hall–Kier alpha value is -5.84. The molecule has 1 aliphatic heterocycles. The molecule has 0 saturated carbocycles. The molecule has 4 atom stereocenters. The summed E-state index contributed by atoms with van der Waals surface area (Å²) in [5.74, 6) is -3.70. The number of fused-ring (bicyclic) bond motifs is 3. The average molecular weight is 673 g/mol. The van der Waals surface area contributed by atoms with Crippen molar-refractivity contribution in [2.24, 2.45) is 28.0 Å². The van der Waals surface area contributed by atoms with Crippen LogP contribution in [0.4, 0.5) is 22.7 Å². The standard InChI is InChI=1S/C39H36N4O7/c1-20-16-30(44)29-19-28-26(33(35(29)36(20)45)21-17-31(49-4)37(46)32(18-21)50-5)14-15-27-34(28)39(48)43(38(27)47)25-12-8-23(9-13-25)41-40-22-6-10-24(11-7-22)42(2)3/h6-14,16-18,27-28,33-34,46H,15,19H2,1-5H3. The lowest BCUT2D eigenvalue weighted by atomic mass is 9.59. The zero-order chi connectivity index (χ0) is 35.4. The van der Waals surface area contributed by atoms with Crippen LogP contribution >= 0.6 is 0 Å². The third-order valence-corrected chi connectivity index (χ3v) is 10.2. The normalized spacial score (nSPS) is 23.0. The number of azo groups is 1. The molecular formula is C39H36N4O7. The number of allylic oxidation sites excluding steroid dienone is 6. The predicted molar refractivity (Wildman–Crippen MR) is 186 cm³/mol. The van der Waals surface area contributed by atoms with Gasteiger partial charge in [-0.15, -0.1) is 0 Å². The summed E-state index contributed by atoms with van der Waals surface area (Å²) in [4.78, 5) is 58.7. The quantitative estimate of drug-likeness (QED) is 0.130. The number of rotatable bonds is 7. The van der Waals surface area contributed by atoms with Gasteiger partial charge in [-0.2, -0.15) is 10.2 Å². The third-order valence-electron chi connectivity index (χ3n) is 10.2. The van der Waals surface area contributed by atoms with E-state index in [0.717, 1.165) is 11.3 Å². The number of carbonyl (C=O) groups is 4. The summed E-state index contributed by atoms with van der Waals surface area (Å²) in [6, 6.07) is 17.7. The lowest BCUT2D eigenvalue weighted by molar-refractivity contribution is -0.123. The molecule has 3 aromatic rings. The molecule has 1 fully saturated rings. The number of nitrogens with zero attached hydrogens (tertiary/aromatic N) is 4. The Bertz CT molecular complexity index is 2050. The highest BCUT2D eigenvalue weighted by atomic mass is 16.5. The summed E-state index contributed by atoms with van der Waals surface area (Å²) in [6.07, 6.45) is 3.73. The minimum absolute atomic E-state index is 0.142. The van der Waals surface area contributed by atoms with Crippen LogP contribution in [-0.4, -0.2) is 56.8 Å². The molecule has 3 aromatic carbocycles. The van der Waals surface area contributed by atoms with Gasteiger partial charge in [-0.3, -0.25) is 24.1 Å². The number of phenols is 1. The van der Waals surface area contributed by atoms with Crippen LogP contribution in [0.15, 0.2) is 105 Å². The van der Waals surface area contributed by atoms with Crippen LogP contribution < -0.4 is 19.3 Å². The first-order valence-corrected chi connectivity index (χ1v) is 16.3. The summed E-state index contributed by atoms with van der Waals surface area (Å²) in [6.45, 7) is 1.61. The molecule has 1 heterocycles. The van der Waals surface area contributed by atoms with Gasteiger partial charge in [0.25, 0.3) is 0 Å². The zero-order valence-corrected chi connectivity index (χ0v) is 28.3. The molecule has 11 nitrogen and oxygen atoms in total. The molecule has 4 unspecified atom stereocenters. The molecule has 3 aliphatic carbocycles. The smallest absolute Gasteiger partial charge is 0.238 e. The lowest BCUT2D eigenvalue weighted by Crippen LogP contribution is -2.39. The van der Waals surface area contributed by atoms with Gasteiger partial charge in [-0.1, -0.05) is 11.6 Å². The van der Waals surface area contributed by atoms with Gasteiger partial charge in [0, 0.05) is 42.4 Å². The fraction of sp³-hybridized carbons (Fsp3) is 0.282. The van der Waals surface area contributed by atoms with Crippen molar-refractivity contribution in [2.45, 2.75) is 25.7 Å². The number of Topliss-reactive ketones (excluding diaryl/α,β-unsaturated/α-hetero) is 1. The number of hydrogen-bond donors (Lipinski definition) is 1. The molecule has 0 aromatic heterocycles. The summed E-state index contributed by atoms with van der Waals surface area (Å²) in [5.41, 5.74) is 5.08. The maximum Gasteiger partial charge on any atom is 0.238 e. The van der Waals surface area contributed by atoms with E-state index >= 15 is 0 Å². The Morgan fingerprint density at radius 3 is 2.02 bits per heavy atom. The maximum atomic E-state index is 14.3. The molecule has 1 saturated heterocycles. The molecule has 0 bridgehead atoms. The average Bonchev–Trinajstić information content (AvgIpc) is 3.38. The number of anilines is 2. The van der Waals surface area contributed by atoms with E-state index in [1.54, 1.807) is 43.3 Å². The van der Waals surface area contributed by atoms with E-state index in [1.165, 1.54) is 25.2 Å². The van der Waals surface area contributed by atoms with Gasteiger partial charge in [0.1, 0.15) is 0 Å². The Morgan fingerprint density at radius 1 is 0.840 bits per heavy atom. The van der Waals surface area contributed by atoms with Crippen LogP contribution in [0.25, 0.3) is 0 Å². The van der Waals surface area contributed by atoms with Gasteiger partial charge in [0.15, 0.2) is 23.1 Å². The first-order chi connectivity index (χ1) is 24.0. The van der Waals surface area contributed by atoms with Gasteiger partial charge < -0.3 is 19.5 Å². The van der Waals surface area contributed by atoms with Crippen molar-refractivity contribution in [3.05, 3.63) is 101 Å². The number of hydrogen-bond acceptors (Lipinski definition) is 10. The van der Waals surface area contributed by atoms with E-state index in [0.29, 0.717) is 45.8 Å². The second kappa shape index (κ2) is 12.6. The highest BCUT2D eigenvalue weighted by Gasteiger charge is 2.56. The van der Waals surface area contributed by atoms with E-state index in [1.807, 2.05) is 49.3 Å². The van der Waals surface area contributed by atoms with E-state index in [-0.39, 0.29) is 47.1 Å². The number of benzene rings is 3. The number of ether oxygens (including phenoxy) is 2.